The summed E-state index contributed by atoms with van der Waals surface area (Å²) in [5.74, 6) is 0.484. The summed E-state index contributed by atoms with van der Waals surface area (Å²) in [6.45, 7) is 4.46. The van der Waals surface area contributed by atoms with E-state index in [9.17, 15) is 4.79 Å². The Labute approximate surface area is 125 Å². The summed E-state index contributed by atoms with van der Waals surface area (Å²) in [4.78, 5) is 18.2. The predicted molar refractivity (Wildman–Crippen MR) is 83.5 cm³/mol. The molecule has 0 aliphatic carbocycles. The lowest BCUT2D eigenvalue weighted by Crippen LogP contribution is -2.27. The molecule has 0 unspecified atom stereocenters. The zero-order valence-electron chi connectivity index (χ0n) is 12.4. The zero-order valence-corrected chi connectivity index (χ0v) is 13.1. The molecule has 0 saturated carbocycles. The Bertz CT molecular complexity index is 437. The molecule has 0 spiro atoms. The summed E-state index contributed by atoms with van der Waals surface area (Å²) in [5.41, 5.74) is 0.488. The van der Waals surface area contributed by atoms with Gasteiger partial charge in [-0.1, -0.05) is 18.5 Å². The van der Waals surface area contributed by atoms with Gasteiger partial charge in [0.15, 0.2) is 0 Å². The number of nitrogens with zero attached hydrogens (tertiary/aromatic N) is 2. The number of hydrogen-bond acceptors (Lipinski definition) is 4. The largest absolute Gasteiger partial charge is 0.369 e. The highest BCUT2D eigenvalue weighted by Crippen LogP contribution is 2.19. The number of carbonyl (C=O) groups is 1. The molecule has 0 aliphatic heterocycles. The lowest BCUT2D eigenvalue weighted by Gasteiger charge is -2.10. The van der Waals surface area contributed by atoms with E-state index in [-0.39, 0.29) is 5.91 Å². The first kappa shape index (κ1) is 16.7. The van der Waals surface area contributed by atoms with E-state index in [4.69, 9.17) is 11.6 Å². The van der Waals surface area contributed by atoms with E-state index >= 15 is 0 Å². The molecule has 1 aromatic rings. The molecule has 2 N–H and O–H groups in total. The molecule has 112 valence electrons. The Kier molecular flexibility index (Phi) is 7.33. The monoisotopic (exact) mass is 298 g/mol. The van der Waals surface area contributed by atoms with Gasteiger partial charge in [0.2, 0.25) is 0 Å². The van der Waals surface area contributed by atoms with Crippen molar-refractivity contribution in [2.45, 2.75) is 19.8 Å². The minimum absolute atomic E-state index is 0.139. The normalized spacial score (nSPS) is 10.7. The summed E-state index contributed by atoms with van der Waals surface area (Å²) >= 11 is 6.10. The van der Waals surface area contributed by atoms with Crippen molar-refractivity contribution in [1.82, 2.24) is 15.2 Å². The molecule has 0 bridgehead atoms. The average Bonchev–Trinajstić information content (AvgIpc) is 2.41. The van der Waals surface area contributed by atoms with Crippen LogP contribution in [0.4, 0.5) is 5.82 Å². The highest BCUT2D eigenvalue weighted by Gasteiger charge is 2.09. The van der Waals surface area contributed by atoms with Gasteiger partial charge in [-0.3, -0.25) is 4.79 Å². The highest BCUT2D eigenvalue weighted by molar-refractivity contribution is 6.33. The Morgan fingerprint density at radius 3 is 2.75 bits per heavy atom. The summed E-state index contributed by atoms with van der Waals surface area (Å²) in [6.07, 6.45) is 3.45. The van der Waals surface area contributed by atoms with Crippen LogP contribution in [-0.2, 0) is 0 Å². The zero-order chi connectivity index (χ0) is 15.0. The minimum atomic E-state index is -0.139. The molecule has 6 heteroatoms. The number of amides is 1. The smallest absolute Gasteiger partial charge is 0.252 e. The second kappa shape index (κ2) is 8.76. The van der Waals surface area contributed by atoms with Crippen LogP contribution in [0.2, 0.25) is 5.02 Å². The van der Waals surface area contributed by atoms with Crippen LogP contribution in [0.1, 0.15) is 30.1 Å². The van der Waals surface area contributed by atoms with Crippen molar-refractivity contribution in [2.75, 3.05) is 39.0 Å². The summed E-state index contributed by atoms with van der Waals surface area (Å²) < 4.78 is 0. The van der Waals surface area contributed by atoms with Crippen LogP contribution in [-0.4, -0.2) is 49.5 Å². The van der Waals surface area contributed by atoms with Crippen molar-refractivity contribution in [3.8, 4) is 0 Å². The molecule has 0 radical (unpaired) electrons. The molecule has 20 heavy (non-hydrogen) atoms. The Hall–Kier alpha value is -1.33. The third kappa shape index (κ3) is 5.75. The van der Waals surface area contributed by atoms with Gasteiger partial charge in [-0.05, 0) is 39.5 Å². The summed E-state index contributed by atoms with van der Waals surface area (Å²) in [7, 11) is 4.01. The van der Waals surface area contributed by atoms with Gasteiger partial charge in [0.25, 0.3) is 5.91 Å². The lowest BCUT2D eigenvalue weighted by atomic mass is 10.2. The van der Waals surface area contributed by atoms with Crippen molar-refractivity contribution in [3.05, 3.63) is 22.8 Å². The first-order valence-corrected chi connectivity index (χ1v) is 7.24. The second-order valence-electron chi connectivity index (χ2n) is 4.89. The van der Waals surface area contributed by atoms with Crippen molar-refractivity contribution >= 4 is 23.3 Å². The van der Waals surface area contributed by atoms with Crippen LogP contribution in [0.25, 0.3) is 0 Å². The first-order valence-electron chi connectivity index (χ1n) is 6.87. The van der Waals surface area contributed by atoms with Crippen molar-refractivity contribution in [1.29, 1.82) is 0 Å². The Morgan fingerprint density at radius 2 is 2.15 bits per heavy atom. The van der Waals surface area contributed by atoms with E-state index < -0.39 is 0 Å². The molecule has 1 aromatic heterocycles. The number of aromatic nitrogens is 1. The number of carbonyl (C=O) groups excluding carboxylic acids is 1. The third-order valence-corrected chi connectivity index (χ3v) is 3.00. The highest BCUT2D eigenvalue weighted by atomic mass is 35.5. The number of halogens is 1. The molecule has 1 heterocycles. The molecule has 0 aromatic carbocycles. The Morgan fingerprint density at radius 1 is 1.40 bits per heavy atom. The van der Waals surface area contributed by atoms with Crippen LogP contribution < -0.4 is 10.6 Å². The van der Waals surface area contributed by atoms with Gasteiger partial charge < -0.3 is 15.5 Å². The number of rotatable bonds is 8. The standard InChI is InChI=1S/C14H23ClN4O/c1-4-6-16-13-12(15)9-11(10-18-13)14(20)17-7-5-8-19(2)3/h9-10H,4-8H2,1-3H3,(H,16,18)(H,17,20). The molecule has 0 aliphatic rings. The lowest BCUT2D eigenvalue weighted by molar-refractivity contribution is 0.0952. The van der Waals surface area contributed by atoms with Crippen molar-refractivity contribution in [3.63, 3.8) is 0 Å². The van der Waals surface area contributed by atoms with Gasteiger partial charge in [-0.25, -0.2) is 4.98 Å². The Balaban J connectivity index is 2.50. The molecule has 0 atom stereocenters. The van der Waals surface area contributed by atoms with Crippen LogP contribution in [0.15, 0.2) is 12.3 Å². The maximum atomic E-state index is 11.9. The fourth-order valence-corrected chi connectivity index (χ4v) is 1.87. The second-order valence-corrected chi connectivity index (χ2v) is 5.30. The maximum Gasteiger partial charge on any atom is 0.252 e. The summed E-state index contributed by atoms with van der Waals surface area (Å²) in [6, 6.07) is 1.65. The molecular weight excluding hydrogens is 276 g/mol. The molecule has 1 rings (SSSR count). The predicted octanol–water partition coefficient (Wildman–Crippen LogP) is 2.24. The van der Waals surface area contributed by atoms with Gasteiger partial charge in [0.05, 0.1) is 10.6 Å². The van der Waals surface area contributed by atoms with Gasteiger partial charge in [-0.2, -0.15) is 0 Å². The van der Waals surface area contributed by atoms with Crippen molar-refractivity contribution in [2.24, 2.45) is 0 Å². The van der Waals surface area contributed by atoms with E-state index in [2.05, 4.69) is 27.4 Å². The first-order chi connectivity index (χ1) is 9.54. The van der Waals surface area contributed by atoms with E-state index in [1.807, 2.05) is 14.1 Å². The van der Waals surface area contributed by atoms with Gasteiger partial charge >= 0.3 is 0 Å². The minimum Gasteiger partial charge on any atom is -0.369 e. The van der Waals surface area contributed by atoms with Gasteiger partial charge in [0.1, 0.15) is 5.82 Å². The third-order valence-electron chi connectivity index (χ3n) is 2.71. The van der Waals surface area contributed by atoms with Crippen LogP contribution in [0, 0.1) is 0 Å². The fraction of sp³-hybridized carbons (Fsp3) is 0.571. The quantitative estimate of drug-likeness (QED) is 0.723. The van der Waals surface area contributed by atoms with E-state index in [0.29, 0.717) is 22.9 Å². The van der Waals surface area contributed by atoms with E-state index in [0.717, 1.165) is 25.9 Å². The van der Waals surface area contributed by atoms with Gasteiger partial charge in [-0.15, -0.1) is 0 Å². The fourth-order valence-electron chi connectivity index (χ4n) is 1.63. The maximum absolute atomic E-state index is 11.9. The summed E-state index contributed by atoms with van der Waals surface area (Å²) in [5, 5.41) is 6.44. The molecule has 0 saturated heterocycles. The van der Waals surface area contributed by atoms with E-state index in [1.165, 1.54) is 0 Å². The van der Waals surface area contributed by atoms with Gasteiger partial charge in [0, 0.05) is 19.3 Å². The molecule has 5 nitrogen and oxygen atoms in total. The SMILES string of the molecule is CCCNc1ncc(C(=O)NCCCN(C)C)cc1Cl. The number of anilines is 1. The van der Waals surface area contributed by atoms with Crippen LogP contribution >= 0.6 is 11.6 Å². The van der Waals surface area contributed by atoms with E-state index in [1.54, 1.807) is 12.3 Å². The molecule has 1 amide bonds. The van der Waals surface area contributed by atoms with Crippen molar-refractivity contribution < 1.29 is 4.79 Å². The van der Waals surface area contributed by atoms with Crippen LogP contribution in [0.3, 0.4) is 0 Å². The average molecular weight is 299 g/mol. The number of nitrogens with one attached hydrogen (secondary N) is 2. The number of pyridine rings is 1. The topological polar surface area (TPSA) is 57.3 Å². The molecule has 0 fully saturated rings. The number of hydrogen-bond donors (Lipinski definition) is 2. The molecular formula is C14H23ClN4O. The van der Waals surface area contributed by atoms with Crippen LogP contribution in [0.5, 0.6) is 0 Å².